The van der Waals surface area contributed by atoms with Crippen LogP contribution in [0.2, 0.25) is 0 Å². The van der Waals surface area contributed by atoms with Gasteiger partial charge in [0.05, 0.1) is 13.4 Å². The molecule has 0 aliphatic carbocycles. The van der Waals surface area contributed by atoms with Crippen molar-refractivity contribution in [2.75, 3.05) is 13.7 Å². The molecule has 1 aromatic heterocycles. The summed E-state index contributed by atoms with van der Waals surface area (Å²) in [7, 11) is 1.58. The first kappa shape index (κ1) is 19.9. The fourth-order valence-corrected chi connectivity index (χ4v) is 2.68. The van der Waals surface area contributed by atoms with Crippen molar-refractivity contribution < 1.29 is 18.7 Å². The van der Waals surface area contributed by atoms with E-state index in [0.717, 1.165) is 11.1 Å². The molecule has 0 saturated carbocycles. The van der Waals surface area contributed by atoms with Crippen molar-refractivity contribution in [2.24, 2.45) is 0 Å². The van der Waals surface area contributed by atoms with E-state index >= 15 is 0 Å². The molecule has 0 aliphatic rings. The third-order valence-corrected chi connectivity index (χ3v) is 4.21. The Morgan fingerprint density at radius 1 is 1.00 bits per heavy atom. The highest BCUT2D eigenvalue weighted by Crippen LogP contribution is 2.14. The molecule has 0 bridgehead atoms. The summed E-state index contributed by atoms with van der Waals surface area (Å²) >= 11 is 0. The lowest BCUT2D eigenvalue weighted by atomic mass is 10.1. The molecule has 6 nitrogen and oxygen atoms in total. The second-order valence-corrected chi connectivity index (χ2v) is 6.25. The molecule has 0 aliphatic heterocycles. The number of rotatable bonds is 8. The molecule has 148 valence electrons. The highest BCUT2D eigenvalue weighted by molar-refractivity contribution is 6.04. The highest BCUT2D eigenvalue weighted by Gasteiger charge is 2.16. The molecule has 0 unspecified atom stereocenters. The van der Waals surface area contributed by atoms with Gasteiger partial charge in [0.1, 0.15) is 11.4 Å². The Balaban J connectivity index is 1.72. The molecule has 3 aromatic rings. The number of ether oxygens (including phenoxy) is 1. The normalized spacial score (nSPS) is 11.0. The molecule has 0 spiro atoms. The smallest absolute Gasteiger partial charge is 0.291 e. The van der Waals surface area contributed by atoms with Crippen molar-refractivity contribution in [3.63, 3.8) is 0 Å². The van der Waals surface area contributed by atoms with Gasteiger partial charge in [-0.15, -0.1) is 0 Å². The van der Waals surface area contributed by atoms with Crippen LogP contribution < -0.4 is 15.4 Å². The number of benzene rings is 2. The minimum atomic E-state index is -0.493. The summed E-state index contributed by atoms with van der Waals surface area (Å²) in [5, 5.41) is 5.48. The molecular weight excluding hydrogens is 368 g/mol. The zero-order valence-electron chi connectivity index (χ0n) is 16.1. The van der Waals surface area contributed by atoms with E-state index in [-0.39, 0.29) is 17.4 Å². The maximum absolute atomic E-state index is 12.7. The van der Waals surface area contributed by atoms with Gasteiger partial charge in [0, 0.05) is 6.54 Å². The summed E-state index contributed by atoms with van der Waals surface area (Å²) in [6.07, 6.45) is 3.70. The van der Waals surface area contributed by atoms with Crippen molar-refractivity contribution in [1.29, 1.82) is 0 Å². The number of amides is 2. The summed E-state index contributed by atoms with van der Waals surface area (Å²) in [6.45, 7) is 0.444. The van der Waals surface area contributed by atoms with E-state index < -0.39 is 5.91 Å². The molecule has 0 atom stereocenters. The number of hydrogen-bond acceptors (Lipinski definition) is 4. The Kier molecular flexibility index (Phi) is 6.84. The summed E-state index contributed by atoms with van der Waals surface area (Å²) in [6, 6.07) is 20.2. The second kappa shape index (κ2) is 9.94. The van der Waals surface area contributed by atoms with E-state index in [0.29, 0.717) is 18.7 Å². The third kappa shape index (κ3) is 5.84. The number of carbonyl (C=O) groups excluding carboxylic acids is 2. The largest absolute Gasteiger partial charge is 0.497 e. The fourth-order valence-electron chi connectivity index (χ4n) is 2.68. The van der Waals surface area contributed by atoms with Crippen molar-refractivity contribution in [3.05, 3.63) is 95.6 Å². The number of hydrogen-bond donors (Lipinski definition) is 2. The minimum absolute atomic E-state index is 0.128. The van der Waals surface area contributed by atoms with Gasteiger partial charge in [-0.05, 0) is 47.9 Å². The Labute approximate surface area is 169 Å². The van der Waals surface area contributed by atoms with Crippen LogP contribution in [-0.4, -0.2) is 25.5 Å². The van der Waals surface area contributed by atoms with Gasteiger partial charge in [-0.2, -0.15) is 0 Å². The summed E-state index contributed by atoms with van der Waals surface area (Å²) < 4.78 is 10.3. The maximum atomic E-state index is 12.7. The van der Waals surface area contributed by atoms with Crippen molar-refractivity contribution >= 4 is 17.9 Å². The number of carbonyl (C=O) groups is 2. The standard InChI is InChI=1S/C23H22N2O4/c1-28-19-11-9-18(10-12-19)16-20(25-23(27)21-8-5-15-29-21)22(26)24-14-13-17-6-3-2-4-7-17/h2-12,15-16H,13-14H2,1H3,(H,24,26)(H,25,27). The zero-order valence-corrected chi connectivity index (χ0v) is 16.1. The summed E-state index contributed by atoms with van der Waals surface area (Å²) in [5.74, 6) is -0.0389. The van der Waals surface area contributed by atoms with Gasteiger partial charge in [-0.1, -0.05) is 42.5 Å². The molecule has 1 heterocycles. The average Bonchev–Trinajstić information content (AvgIpc) is 3.29. The number of methoxy groups -OCH3 is 1. The molecule has 0 saturated heterocycles. The fraction of sp³-hybridized carbons (Fsp3) is 0.130. The van der Waals surface area contributed by atoms with Crippen LogP contribution in [0.4, 0.5) is 0 Å². The lowest BCUT2D eigenvalue weighted by Crippen LogP contribution is -2.35. The lowest BCUT2D eigenvalue weighted by molar-refractivity contribution is -0.117. The van der Waals surface area contributed by atoms with Crippen LogP contribution >= 0.6 is 0 Å². The molecule has 0 fully saturated rings. The van der Waals surface area contributed by atoms with Gasteiger partial charge in [0.2, 0.25) is 0 Å². The van der Waals surface area contributed by atoms with Gasteiger partial charge in [0.25, 0.3) is 11.8 Å². The van der Waals surface area contributed by atoms with Gasteiger partial charge in [-0.25, -0.2) is 0 Å². The lowest BCUT2D eigenvalue weighted by Gasteiger charge is -2.11. The maximum Gasteiger partial charge on any atom is 0.291 e. The third-order valence-electron chi connectivity index (χ3n) is 4.21. The first-order valence-corrected chi connectivity index (χ1v) is 9.18. The van der Waals surface area contributed by atoms with Crippen LogP contribution in [0.15, 0.2) is 83.1 Å². The van der Waals surface area contributed by atoms with Gasteiger partial charge in [-0.3, -0.25) is 9.59 Å². The van der Waals surface area contributed by atoms with E-state index in [9.17, 15) is 9.59 Å². The van der Waals surface area contributed by atoms with Crippen molar-refractivity contribution in [1.82, 2.24) is 10.6 Å². The molecule has 29 heavy (non-hydrogen) atoms. The summed E-state index contributed by atoms with van der Waals surface area (Å²) in [5.41, 5.74) is 2.00. The van der Waals surface area contributed by atoms with Gasteiger partial charge >= 0.3 is 0 Å². The molecular formula is C23H22N2O4. The van der Waals surface area contributed by atoms with Crippen molar-refractivity contribution in [2.45, 2.75) is 6.42 Å². The Morgan fingerprint density at radius 2 is 1.76 bits per heavy atom. The van der Waals surface area contributed by atoms with E-state index in [1.54, 1.807) is 43.5 Å². The van der Waals surface area contributed by atoms with E-state index in [2.05, 4.69) is 10.6 Å². The second-order valence-electron chi connectivity index (χ2n) is 6.25. The predicted molar refractivity (Wildman–Crippen MR) is 110 cm³/mol. The summed E-state index contributed by atoms with van der Waals surface area (Å²) in [4.78, 5) is 25.1. The van der Waals surface area contributed by atoms with E-state index in [1.807, 2.05) is 30.3 Å². The van der Waals surface area contributed by atoms with Crippen molar-refractivity contribution in [3.8, 4) is 5.75 Å². The number of furan rings is 1. The topological polar surface area (TPSA) is 80.6 Å². The van der Waals surface area contributed by atoms with Crippen LogP contribution in [0.1, 0.15) is 21.7 Å². The Hall–Kier alpha value is -3.80. The van der Waals surface area contributed by atoms with E-state index in [1.165, 1.54) is 12.3 Å². The first-order valence-electron chi connectivity index (χ1n) is 9.18. The monoisotopic (exact) mass is 390 g/mol. The first-order chi connectivity index (χ1) is 14.2. The number of nitrogens with one attached hydrogen (secondary N) is 2. The quantitative estimate of drug-likeness (QED) is 0.578. The molecule has 2 aromatic carbocycles. The Bertz CT molecular complexity index is 962. The SMILES string of the molecule is COc1ccc(C=C(NC(=O)c2ccco2)C(=O)NCCc2ccccc2)cc1. The highest BCUT2D eigenvalue weighted by atomic mass is 16.5. The predicted octanol–water partition coefficient (Wildman–Crippen LogP) is 3.42. The molecule has 2 N–H and O–H groups in total. The zero-order chi connectivity index (χ0) is 20.5. The van der Waals surface area contributed by atoms with Crippen LogP contribution in [-0.2, 0) is 11.2 Å². The Morgan fingerprint density at radius 3 is 2.41 bits per heavy atom. The molecule has 2 amide bonds. The van der Waals surface area contributed by atoms with Crippen LogP contribution in [0.3, 0.4) is 0 Å². The minimum Gasteiger partial charge on any atom is -0.497 e. The van der Waals surface area contributed by atoms with E-state index in [4.69, 9.17) is 9.15 Å². The van der Waals surface area contributed by atoms with Gasteiger partial charge < -0.3 is 19.8 Å². The van der Waals surface area contributed by atoms with Crippen LogP contribution in [0.25, 0.3) is 6.08 Å². The van der Waals surface area contributed by atoms with Crippen LogP contribution in [0, 0.1) is 0 Å². The molecule has 3 rings (SSSR count). The molecule has 0 radical (unpaired) electrons. The van der Waals surface area contributed by atoms with Gasteiger partial charge in [0.15, 0.2) is 5.76 Å². The van der Waals surface area contributed by atoms with Crippen LogP contribution in [0.5, 0.6) is 5.75 Å². The molecule has 6 heteroatoms. The average molecular weight is 390 g/mol.